The van der Waals surface area contributed by atoms with E-state index in [4.69, 9.17) is 4.74 Å². The van der Waals surface area contributed by atoms with Crippen LogP contribution in [0.4, 0.5) is 0 Å². The summed E-state index contributed by atoms with van der Waals surface area (Å²) in [6, 6.07) is 17.1. The summed E-state index contributed by atoms with van der Waals surface area (Å²) in [5.41, 5.74) is 7.92. The Kier molecular flexibility index (Phi) is 4.63. The number of nitrogens with one attached hydrogen (secondary N) is 2. The van der Waals surface area contributed by atoms with Crippen LogP contribution in [0.1, 0.15) is 27.2 Å². The van der Waals surface area contributed by atoms with Gasteiger partial charge in [0.2, 0.25) is 0 Å². The number of amides is 1. The smallest absolute Gasteiger partial charge is 0.289 e. The van der Waals surface area contributed by atoms with Gasteiger partial charge in [-0.1, -0.05) is 30.3 Å². The second-order valence-corrected chi connectivity index (χ2v) is 7.41. The number of phenols is 1. The van der Waals surface area contributed by atoms with E-state index in [1.807, 2.05) is 0 Å². The summed E-state index contributed by atoms with van der Waals surface area (Å²) in [6.45, 7) is 0. The van der Waals surface area contributed by atoms with Crippen LogP contribution in [-0.2, 0) is 12.8 Å². The Labute approximate surface area is 178 Å². The minimum atomic E-state index is -0.397. The largest absolute Gasteiger partial charge is 0.504 e. The summed E-state index contributed by atoms with van der Waals surface area (Å²) in [5.74, 6) is -0.0257. The number of H-pyrrole nitrogens is 1. The van der Waals surface area contributed by atoms with E-state index in [9.17, 15) is 9.90 Å². The zero-order valence-corrected chi connectivity index (χ0v) is 16.8. The van der Waals surface area contributed by atoms with Crippen LogP contribution in [0.15, 0.2) is 59.7 Å². The molecule has 1 aliphatic rings. The third-order valence-electron chi connectivity index (χ3n) is 5.56. The molecule has 7 heteroatoms. The van der Waals surface area contributed by atoms with Gasteiger partial charge in [-0.15, -0.1) is 0 Å². The fourth-order valence-corrected chi connectivity index (χ4v) is 4.05. The standard InChI is InChI=1S/C24H20N4O3/c1-31-22-11-14(5-10-21(22)29)13-25-28-24(30)20-12-19(26-27-20)17-9-8-16-7-6-15-3-2-4-18(17)23(15)16/h2-5,8-13,29H,6-7H2,1H3,(H,26,27)(H,28,30). The molecule has 0 saturated carbocycles. The van der Waals surface area contributed by atoms with Crippen molar-refractivity contribution in [3.63, 3.8) is 0 Å². The number of nitrogens with zero attached hydrogens (tertiary/aromatic N) is 2. The number of benzene rings is 3. The summed E-state index contributed by atoms with van der Waals surface area (Å²) in [7, 11) is 1.47. The summed E-state index contributed by atoms with van der Waals surface area (Å²) in [5, 5.41) is 23.2. The number of rotatable bonds is 5. The van der Waals surface area contributed by atoms with E-state index < -0.39 is 5.91 Å². The lowest BCUT2D eigenvalue weighted by atomic mass is 9.98. The molecule has 4 aromatic rings. The highest BCUT2D eigenvalue weighted by molar-refractivity contribution is 6.02. The highest BCUT2D eigenvalue weighted by atomic mass is 16.5. The Morgan fingerprint density at radius 1 is 1.16 bits per heavy atom. The molecule has 0 unspecified atom stereocenters. The Bertz CT molecular complexity index is 1330. The van der Waals surface area contributed by atoms with Gasteiger partial charge in [-0.2, -0.15) is 10.2 Å². The lowest BCUT2D eigenvalue weighted by Crippen LogP contribution is -2.18. The molecule has 3 N–H and O–H groups in total. The van der Waals surface area contributed by atoms with Gasteiger partial charge in [0.1, 0.15) is 5.69 Å². The molecule has 0 saturated heterocycles. The highest BCUT2D eigenvalue weighted by Crippen LogP contribution is 2.36. The molecule has 0 bridgehead atoms. The summed E-state index contributed by atoms with van der Waals surface area (Å²) >= 11 is 0. The van der Waals surface area contributed by atoms with Crippen molar-refractivity contribution >= 4 is 22.9 Å². The molecule has 7 nitrogen and oxygen atoms in total. The monoisotopic (exact) mass is 412 g/mol. The van der Waals surface area contributed by atoms with Gasteiger partial charge in [-0.25, -0.2) is 5.43 Å². The fraction of sp³-hybridized carbons (Fsp3) is 0.125. The van der Waals surface area contributed by atoms with Crippen molar-refractivity contribution < 1.29 is 14.6 Å². The molecule has 1 aromatic heterocycles. The van der Waals surface area contributed by atoms with E-state index in [2.05, 4.69) is 51.1 Å². The van der Waals surface area contributed by atoms with Crippen molar-refractivity contribution in [2.75, 3.05) is 7.11 Å². The van der Waals surface area contributed by atoms with Gasteiger partial charge in [-0.3, -0.25) is 9.89 Å². The molecule has 0 spiro atoms. The van der Waals surface area contributed by atoms with Gasteiger partial charge in [0, 0.05) is 5.56 Å². The second kappa shape index (κ2) is 7.60. The molecule has 154 valence electrons. The minimum absolute atomic E-state index is 0.0386. The van der Waals surface area contributed by atoms with Crippen LogP contribution in [-0.4, -0.2) is 34.5 Å². The molecule has 31 heavy (non-hydrogen) atoms. The van der Waals surface area contributed by atoms with E-state index in [1.54, 1.807) is 18.2 Å². The van der Waals surface area contributed by atoms with Crippen molar-refractivity contribution in [2.45, 2.75) is 12.8 Å². The summed E-state index contributed by atoms with van der Waals surface area (Å²) in [4.78, 5) is 12.5. The molecule has 0 aliphatic heterocycles. The van der Waals surface area contributed by atoms with E-state index in [0.717, 1.165) is 23.8 Å². The maximum absolute atomic E-state index is 12.5. The normalized spacial score (nSPS) is 12.5. The van der Waals surface area contributed by atoms with E-state index in [1.165, 1.54) is 35.9 Å². The molecule has 5 rings (SSSR count). The van der Waals surface area contributed by atoms with Crippen LogP contribution >= 0.6 is 0 Å². The number of carbonyl (C=O) groups excluding carboxylic acids is 1. The van der Waals surface area contributed by atoms with Crippen molar-refractivity contribution in [3.8, 4) is 22.8 Å². The molecule has 1 aliphatic carbocycles. The van der Waals surface area contributed by atoms with E-state index >= 15 is 0 Å². The zero-order valence-electron chi connectivity index (χ0n) is 16.8. The lowest BCUT2D eigenvalue weighted by Gasteiger charge is -2.06. The van der Waals surface area contributed by atoms with Crippen LogP contribution in [0, 0.1) is 0 Å². The summed E-state index contributed by atoms with van der Waals surface area (Å²) in [6.07, 6.45) is 3.60. The van der Waals surface area contributed by atoms with E-state index in [0.29, 0.717) is 22.7 Å². The van der Waals surface area contributed by atoms with Crippen LogP contribution in [0.2, 0.25) is 0 Å². The van der Waals surface area contributed by atoms with Crippen molar-refractivity contribution in [1.29, 1.82) is 0 Å². The quantitative estimate of drug-likeness (QED) is 0.343. The topological polar surface area (TPSA) is 99.6 Å². The predicted octanol–water partition coefficient (Wildman–Crippen LogP) is 3.81. The van der Waals surface area contributed by atoms with Gasteiger partial charge in [0.05, 0.1) is 19.0 Å². The van der Waals surface area contributed by atoms with Crippen LogP contribution < -0.4 is 10.2 Å². The number of hydrogen-bond acceptors (Lipinski definition) is 5. The van der Waals surface area contributed by atoms with Crippen LogP contribution in [0.25, 0.3) is 22.0 Å². The Morgan fingerprint density at radius 2 is 2.00 bits per heavy atom. The number of ether oxygens (including phenoxy) is 1. The highest BCUT2D eigenvalue weighted by Gasteiger charge is 2.18. The van der Waals surface area contributed by atoms with Gasteiger partial charge in [0.25, 0.3) is 5.91 Å². The average molecular weight is 412 g/mol. The number of aryl methyl sites for hydroxylation is 2. The molecular formula is C24H20N4O3. The van der Waals surface area contributed by atoms with Crippen LogP contribution in [0.3, 0.4) is 0 Å². The maximum Gasteiger partial charge on any atom is 0.289 e. The Morgan fingerprint density at radius 3 is 2.84 bits per heavy atom. The number of hydrogen-bond donors (Lipinski definition) is 3. The van der Waals surface area contributed by atoms with Crippen molar-refractivity contribution in [2.24, 2.45) is 5.10 Å². The first-order chi connectivity index (χ1) is 15.1. The number of methoxy groups -OCH3 is 1. The molecule has 3 aromatic carbocycles. The number of aromatic nitrogens is 2. The molecule has 0 atom stereocenters. The summed E-state index contributed by atoms with van der Waals surface area (Å²) < 4.78 is 5.06. The molecule has 0 radical (unpaired) electrons. The molecular weight excluding hydrogens is 392 g/mol. The molecule has 1 heterocycles. The number of hydrazone groups is 1. The average Bonchev–Trinajstić information content (AvgIpc) is 3.44. The minimum Gasteiger partial charge on any atom is -0.504 e. The second-order valence-electron chi connectivity index (χ2n) is 7.41. The van der Waals surface area contributed by atoms with Gasteiger partial charge in [0.15, 0.2) is 11.5 Å². The third kappa shape index (κ3) is 3.40. The number of carbonyl (C=O) groups is 1. The zero-order chi connectivity index (χ0) is 21.4. The Balaban J connectivity index is 1.36. The number of phenolic OH excluding ortho intramolecular Hbond substituents is 1. The number of aromatic hydroxyl groups is 1. The first-order valence-electron chi connectivity index (χ1n) is 9.93. The molecule has 0 fully saturated rings. The third-order valence-corrected chi connectivity index (χ3v) is 5.56. The van der Waals surface area contributed by atoms with Crippen molar-refractivity contribution in [3.05, 3.63) is 77.0 Å². The SMILES string of the molecule is COc1cc(C=NNC(=O)c2cc(-c3ccc4c5c(cccc35)CC4)n[nH]2)ccc1O. The van der Waals surface area contributed by atoms with Gasteiger partial charge < -0.3 is 9.84 Å². The number of aromatic amines is 1. The fourth-order valence-electron chi connectivity index (χ4n) is 4.05. The first-order valence-corrected chi connectivity index (χ1v) is 9.93. The predicted molar refractivity (Wildman–Crippen MR) is 119 cm³/mol. The van der Waals surface area contributed by atoms with Gasteiger partial charge in [-0.05, 0) is 64.6 Å². The van der Waals surface area contributed by atoms with Crippen LogP contribution in [0.5, 0.6) is 11.5 Å². The maximum atomic E-state index is 12.5. The van der Waals surface area contributed by atoms with Crippen molar-refractivity contribution in [1.82, 2.24) is 15.6 Å². The lowest BCUT2D eigenvalue weighted by molar-refractivity contribution is 0.0950. The molecule has 1 amide bonds. The first kappa shape index (κ1) is 18.9. The van der Waals surface area contributed by atoms with E-state index in [-0.39, 0.29) is 5.75 Å². The Hall–Kier alpha value is -4.13. The van der Waals surface area contributed by atoms with Gasteiger partial charge >= 0.3 is 0 Å².